The van der Waals surface area contributed by atoms with Crippen LogP contribution in [0.25, 0.3) is 0 Å². The van der Waals surface area contributed by atoms with Gasteiger partial charge in [-0.2, -0.15) is 0 Å². The molecule has 9 heteroatoms. The molecular weight excluding hydrogens is 440 g/mol. The number of amides is 1. The number of carbonyl (C=O) groups excluding carboxylic acids is 2. The molecule has 1 saturated heterocycles. The topological polar surface area (TPSA) is 93.6 Å². The second-order valence-electron chi connectivity index (χ2n) is 8.59. The molecule has 1 aromatic rings. The molecule has 162 valence electrons. The minimum absolute atomic E-state index is 0.0555. The van der Waals surface area contributed by atoms with E-state index < -0.39 is 17.7 Å². The Bertz CT molecular complexity index is 742. The van der Waals surface area contributed by atoms with Crippen molar-refractivity contribution < 1.29 is 19.1 Å². The van der Waals surface area contributed by atoms with E-state index in [-0.39, 0.29) is 23.8 Å². The number of carbonyl (C=O) groups is 2. The molecule has 1 amide bonds. The zero-order valence-corrected chi connectivity index (χ0v) is 19.6. The summed E-state index contributed by atoms with van der Waals surface area (Å²) in [7, 11) is 0. The third-order valence-electron chi connectivity index (χ3n) is 5.18. The Labute approximate surface area is 180 Å². The van der Waals surface area contributed by atoms with Gasteiger partial charge in [0.2, 0.25) is 0 Å². The molecule has 1 fully saturated rings. The lowest BCUT2D eigenvalue weighted by Crippen LogP contribution is -2.51. The maximum atomic E-state index is 12.3. The number of esters is 1. The SMILES string of the molecule is CCOC(=O)c1nc(Br)cnc1N1CCC(C)(C(C)NC(=O)OC(C)(C)C)CC1. The van der Waals surface area contributed by atoms with E-state index in [1.54, 1.807) is 13.1 Å². The zero-order chi connectivity index (χ0) is 21.8. The standard InChI is InChI=1S/C20H31BrN4O4/c1-7-28-17(26)15-16(22-12-14(21)24-15)25-10-8-20(6,9-11-25)13(2)23-18(27)29-19(3,4)5/h12-13H,7-11H2,1-6H3,(H,23,27). The molecule has 1 aromatic heterocycles. The van der Waals surface area contributed by atoms with Gasteiger partial charge in [-0.25, -0.2) is 19.6 Å². The highest BCUT2D eigenvalue weighted by molar-refractivity contribution is 9.10. The molecule has 1 unspecified atom stereocenters. The van der Waals surface area contributed by atoms with Crippen molar-refractivity contribution >= 4 is 33.8 Å². The van der Waals surface area contributed by atoms with E-state index in [0.717, 1.165) is 12.8 Å². The molecule has 0 aliphatic carbocycles. The van der Waals surface area contributed by atoms with Gasteiger partial charge in [0.05, 0.1) is 12.8 Å². The number of hydrogen-bond acceptors (Lipinski definition) is 7. The summed E-state index contributed by atoms with van der Waals surface area (Å²) in [5, 5.41) is 2.97. The third-order valence-corrected chi connectivity index (χ3v) is 5.56. The Morgan fingerprint density at radius 2 is 1.97 bits per heavy atom. The van der Waals surface area contributed by atoms with Crippen LogP contribution in [0.5, 0.6) is 0 Å². The number of rotatable bonds is 5. The number of anilines is 1. The fourth-order valence-electron chi connectivity index (χ4n) is 3.25. The summed E-state index contributed by atoms with van der Waals surface area (Å²) < 4.78 is 11.0. The van der Waals surface area contributed by atoms with Crippen LogP contribution in [0.4, 0.5) is 10.6 Å². The Morgan fingerprint density at radius 3 is 2.52 bits per heavy atom. The molecule has 0 bridgehead atoms. The van der Waals surface area contributed by atoms with Gasteiger partial charge >= 0.3 is 12.1 Å². The van der Waals surface area contributed by atoms with E-state index in [1.165, 1.54) is 0 Å². The molecule has 29 heavy (non-hydrogen) atoms. The summed E-state index contributed by atoms with van der Waals surface area (Å²) in [6, 6.07) is -0.0555. The van der Waals surface area contributed by atoms with Gasteiger partial charge in [0.1, 0.15) is 10.2 Å². The summed E-state index contributed by atoms with van der Waals surface area (Å²) in [6.07, 6.45) is 2.82. The van der Waals surface area contributed by atoms with Crippen LogP contribution in [0.1, 0.15) is 64.9 Å². The van der Waals surface area contributed by atoms with Gasteiger partial charge in [-0.1, -0.05) is 6.92 Å². The average molecular weight is 471 g/mol. The van der Waals surface area contributed by atoms with Crippen LogP contribution in [0, 0.1) is 5.41 Å². The fourth-order valence-corrected chi connectivity index (χ4v) is 3.53. The second kappa shape index (κ2) is 9.28. The van der Waals surface area contributed by atoms with Crippen molar-refractivity contribution in [2.24, 2.45) is 5.41 Å². The maximum absolute atomic E-state index is 12.3. The number of alkyl carbamates (subject to hydrolysis) is 1. The number of hydrogen-bond donors (Lipinski definition) is 1. The Kier molecular flexibility index (Phi) is 7.48. The molecule has 1 aliphatic rings. The normalized spacial score (nSPS) is 17.4. The molecule has 2 rings (SSSR count). The van der Waals surface area contributed by atoms with E-state index >= 15 is 0 Å². The molecule has 0 saturated carbocycles. The van der Waals surface area contributed by atoms with Crippen molar-refractivity contribution in [2.75, 3.05) is 24.6 Å². The highest BCUT2D eigenvalue weighted by Gasteiger charge is 2.38. The van der Waals surface area contributed by atoms with Crippen LogP contribution in [-0.2, 0) is 9.47 Å². The maximum Gasteiger partial charge on any atom is 0.407 e. The van der Waals surface area contributed by atoms with Gasteiger partial charge in [-0.3, -0.25) is 0 Å². The quantitative estimate of drug-likeness (QED) is 0.651. The lowest BCUT2D eigenvalue weighted by Gasteiger charge is -2.43. The molecule has 1 aliphatic heterocycles. The van der Waals surface area contributed by atoms with Crippen LogP contribution in [0.15, 0.2) is 10.8 Å². The Balaban J connectivity index is 2.06. The summed E-state index contributed by atoms with van der Waals surface area (Å²) in [5.41, 5.74) is -0.414. The van der Waals surface area contributed by atoms with E-state index in [1.807, 2.05) is 32.6 Å². The Morgan fingerprint density at radius 1 is 1.34 bits per heavy atom. The minimum Gasteiger partial charge on any atom is -0.461 e. The van der Waals surface area contributed by atoms with Crippen molar-refractivity contribution in [3.8, 4) is 0 Å². The first kappa shape index (κ1) is 23.4. The molecule has 8 nitrogen and oxygen atoms in total. The highest BCUT2D eigenvalue weighted by Crippen LogP contribution is 2.36. The third kappa shape index (κ3) is 6.29. The summed E-state index contributed by atoms with van der Waals surface area (Å²) in [4.78, 5) is 35.2. The predicted molar refractivity (Wildman–Crippen MR) is 114 cm³/mol. The average Bonchev–Trinajstić information content (AvgIpc) is 2.61. The number of ether oxygens (including phenoxy) is 2. The summed E-state index contributed by atoms with van der Waals surface area (Å²) in [6.45, 7) is 13.1. The first-order chi connectivity index (χ1) is 13.4. The van der Waals surface area contributed by atoms with Crippen LogP contribution in [0.3, 0.4) is 0 Å². The Hall–Kier alpha value is -1.90. The predicted octanol–water partition coefficient (Wildman–Crippen LogP) is 3.94. The number of nitrogens with zero attached hydrogens (tertiary/aromatic N) is 3. The van der Waals surface area contributed by atoms with Crippen LogP contribution in [0.2, 0.25) is 0 Å². The fraction of sp³-hybridized carbons (Fsp3) is 0.700. The second-order valence-corrected chi connectivity index (χ2v) is 9.41. The largest absolute Gasteiger partial charge is 0.461 e. The van der Waals surface area contributed by atoms with Gasteiger partial charge < -0.3 is 19.7 Å². The van der Waals surface area contributed by atoms with Crippen molar-refractivity contribution in [2.45, 2.75) is 66.0 Å². The molecule has 1 atom stereocenters. The van der Waals surface area contributed by atoms with Gasteiger partial charge in [0.25, 0.3) is 0 Å². The number of halogens is 1. The summed E-state index contributed by atoms with van der Waals surface area (Å²) in [5.74, 6) is 0.0473. The van der Waals surface area contributed by atoms with Crippen molar-refractivity contribution in [1.82, 2.24) is 15.3 Å². The van der Waals surface area contributed by atoms with Gasteiger partial charge in [-0.05, 0) is 68.8 Å². The van der Waals surface area contributed by atoms with Crippen LogP contribution >= 0.6 is 15.9 Å². The van der Waals surface area contributed by atoms with E-state index in [0.29, 0.717) is 23.5 Å². The van der Waals surface area contributed by atoms with Gasteiger partial charge in [0, 0.05) is 19.1 Å². The van der Waals surface area contributed by atoms with Gasteiger partial charge in [-0.15, -0.1) is 0 Å². The van der Waals surface area contributed by atoms with E-state index in [4.69, 9.17) is 9.47 Å². The first-order valence-corrected chi connectivity index (χ1v) is 10.7. The van der Waals surface area contributed by atoms with Crippen LogP contribution < -0.4 is 10.2 Å². The monoisotopic (exact) mass is 470 g/mol. The van der Waals surface area contributed by atoms with E-state index in [2.05, 4.69) is 38.1 Å². The molecular formula is C20H31BrN4O4. The highest BCUT2D eigenvalue weighted by atomic mass is 79.9. The lowest BCUT2D eigenvalue weighted by molar-refractivity contribution is 0.0439. The zero-order valence-electron chi connectivity index (χ0n) is 18.0. The number of aromatic nitrogens is 2. The minimum atomic E-state index is -0.530. The van der Waals surface area contributed by atoms with Crippen molar-refractivity contribution in [3.63, 3.8) is 0 Å². The van der Waals surface area contributed by atoms with Crippen molar-refractivity contribution in [1.29, 1.82) is 0 Å². The first-order valence-electron chi connectivity index (χ1n) is 9.89. The molecule has 0 radical (unpaired) electrons. The van der Waals surface area contributed by atoms with Crippen LogP contribution in [-0.4, -0.2) is 53.4 Å². The smallest absolute Gasteiger partial charge is 0.407 e. The van der Waals surface area contributed by atoms with Crippen molar-refractivity contribution in [3.05, 3.63) is 16.5 Å². The summed E-state index contributed by atoms with van der Waals surface area (Å²) >= 11 is 3.27. The lowest BCUT2D eigenvalue weighted by atomic mass is 9.74. The van der Waals surface area contributed by atoms with Gasteiger partial charge in [0.15, 0.2) is 11.5 Å². The molecule has 0 aromatic carbocycles. The molecule has 2 heterocycles. The number of nitrogens with one attached hydrogen (secondary N) is 1. The van der Waals surface area contributed by atoms with E-state index in [9.17, 15) is 9.59 Å². The molecule has 0 spiro atoms. The number of piperidine rings is 1. The molecule has 1 N–H and O–H groups in total.